The van der Waals surface area contributed by atoms with Gasteiger partial charge in [0.15, 0.2) is 0 Å². The molecule has 0 aromatic carbocycles. The van der Waals surface area contributed by atoms with E-state index in [0.29, 0.717) is 5.82 Å². The summed E-state index contributed by atoms with van der Waals surface area (Å²) < 4.78 is 0.792. The number of anilines is 1. The number of hydrogen-bond donors (Lipinski definition) is 2. The zero-order valence-corrected chi connectivity index (χ0v) is 8.60. The Morgan fingerprint density at radius 1 is 1.69 bits per heavy atom. The Morgan fingerprint density at radius 2 is 2.46 bits per heavy atom. The summed E-state index contributed by atoms with van der Waals surface area (Å²) in [6.07, 6.45) is 4.81. The second kappa shape index (κ2) is 3.49. The van der Waals surface area contributed by atoms with Crippen LogP contribution in [0, 0.1) is 5.92 Å². The zero-order valence-electron chi connectivity index (χ0n) is 7.01. The highest BCUT2D eigenvalue weighted by molar-refractivity contribution is 9.10. The lowest BCUT2D eigenvalue weighted by atomic mass is 9.85. The maximum absolute atomic E-state index is 11.5. The summed E-state index contributed by atoms with van der Waals surface area (Å²) in [7, 11) is 0. The third-order valence-corrected chi connectivity index (χ3v) is 2.92. The van der Waals surface area contributed by atoms with Gasteiger partial charge in [-0.2, -0.15) is 5.10 Å². The van der Waals surface area contributed by atoms with E-state index in [4.69, 9.17) is 0 Å². The molecule has 5 heteroatoms. The van der Waals surface area contributed by atoms with Gasteiger partial charge in [0.25, 0.3) is 0 Å². The van der Waals surface area contributed by atoms with Crippen molar-refractivity contribution in [2.45, 2.75) is 19.3 Å². The molecule has 0 spiro atoms. The van der Waals surface area contributed by atoms with Crippen molar-refractivity contribution in [3.8, 4) is 0 Å². The molecule has 0 saturated heterocycles. The number of H-pyrrole nitrogens is 1. The van der Waals surface area contributed by atoms with Gasteiger partial charge in [-0.25, -0.2) is 0 Å². The molecule has 1 amide bonds. The number of nitrogens with one attached hydrogen (secondary N) is 2. The molecule has 70 valence electrons. The largest absolute Gasteiger partial charge is 0.310 e. The van der Waals surface area contributed by atoms with Gasteiger partial charge in [-0.15, -0.1) is 0 Å². The Hall–Kier alpha value is -0.840. The molecule has 1 saturated carbocycles. The number of rotatable bonds is 2. The van der Waals surface area contributed by atoms with Gasteiger partial charge in [0.2, 0.25) is 5.91 Å². The highest BCUT2D eigenvalue weighted by Gasteiger charge is 2.25. The first-order valence-electron chi connectivity index (χ1n) is 4.27. The molecule has 13 heavy (non-hydrogen) atoms. The molecule has 0 bridgehead atoms. The quantitative estimate of drug-likeness (QED) is 0.834. The molecular formula is C8H10BrN3O. The molecule has 2 N–H and O–H groups in total. The van der Waals surface area contributed by atoms with Gasteiger partial charge in [-0.3, -0.25) is 9.89 Å². The van der Waals surface area contributed by atoms with Crippen molar-refractivity contribution >= 4 is 27.7 Å². The van der Waals surface area contributed by atoms with Crippen molar-refractivity contribution in [1.29, 1.82) is 0 Å². The monoisotopic (exact) mass is 243 g/mol. The lowest BCUT2D eigenvalue weighted by molar-refractivity contribution is -0.122. The van der Waals surface area contributed by atoms with E-state index in [9.17, 15) is 4.79 Å². The lowest BCUT2D eigenvalue weighted by Crippen LogP contribution is -2.28. The maximum atomic E-state index is 11.5. The van der Waals surface area contributed by atoms with E-state index in [1.165, 1.54) is 6.42 Å². The molecule has 1 fully saturated rings. The molecular weight excluding hydrogens is 234 g/mol. The van der Waals surface area contributed by atoms with Crippen molar-refractivity contribution in [3.05, 3.63) is 10.7 Å². The number of carbonyl (C=O) groups is 1. The molecule has 0 aliphatic heterocycles. The normalized spacial score (nSPS) is 16.7. The van der Waals surface area contributed by atoms with Crippen LogP contribution in [0.5, 0.6) is 0 Å². The number of carbonyl (C=O) groups excluding carboxylic acids is 1. The van der Waals surface area contributed by atoms with Gasteiger partial charge >= 0.3 is 0 Å². The number of halogens is 1. The smallest absolute Gasteiger partial charge is 0.228 e. The standard InChI is InChI=1S/C8H10BrN3O/c9-6-4-10-12-7(6)11-8(13)5-2-1-3-5/h4-5H,1-3H2,(H2,10,11,12,13). The number of aromatic nitrogens is 2. The first-order valence-corrected chi connectivity index (χ1v) is 5.06. The Balaban J connectivity index is 1.97. The van der Waals surface area contributed by atoms with Gasteiger partial charge in [0.1, 0.15) is 5.82 Å². The van der Waals surface area contributed by atoms with Gasteiger partial charge in [-0.1, -0.05) is 6.42 Å². The van der Waals surface area contributed by atoms with Crippen molar-refractivity contribution in [1.82, 2.24) is 10.2 Å². The molecule has 1 aliphatic carbocycles. The van der Waals surface area contributed by atoms with Crippen molar-refractivity contribution in [2.75, 3.05) is 5.32 Å². The van der Waals surface area contributed by atoms with Crippen molar-refractivity contribution < 1.29 is 4.79 Å². The predicted octanol–water partition coefficient (Wildman–Crippen LogP) is 1.91. The molecule has 1 heterocycles. The van der Waals surface area contributed by atoms with Gasteiger partial charge in [-0.05, 0) is 28.8 Å². The van der Waals surface area contributed by atoms with E-state index in [1.807, 2.05) is 0 Å². The maximum Gasteiger partial charge on any atom is 0.228 e. The fourth-order valence-electron chi connectivity index (χ4n) is 1.25. The summed E-state index contributed by atoms with van der Waals surface area (Å²) in [6.45, 7) is 0. The summed E-state index contributed by atoms with van der Waals surface area (Å²) in [5.74, 6) is 0.948. The van der Waals surface area contributed by atoms with Crippen LogP contribution in [-0.4, -0.2) is 16.1 Å². The Morgan fingerprint density at radius 3 is 2.92 bits per heavy atom. The minimum atomic E-state index is 0.0937. The summed E-state index contributed by atoms with van der Waals surface area (Å²) in [5.41, 5.74) is 0. The molecule has 1 aromatic rings. The Kier molecular flexibility index (Phi) is 2.35. The molecule has 0 atom stereocenters. The molecule has 0 radical (unpaired) electrons. The molecule has 1 aliphatic rings. The minimum Gasteiger partial charge on any atom is -0.310 e. The zero-order chi connectivity index (χ0) is 9.26. The number of aromatic amines is 1. The SMILES string of the molecule is O=C(Nc1[nH]ncc1Br)C1CCC1. The van der Waals surface area contributed by atoms with Crippen LogP contribution < -0.4 is 5.32 Å². The second-order valence-electron chi connectivity index (χ2n) is 3.21. The fraction of sp³-hybridized carbons (Fsp3) is 0.500. The van der Waals surface area contributed by atoms with Gasteiger partial charge in [0.05, 0.1) is 10.7 Å². The van der Waals surface area contributed by atoms with E-state index < -0.39 is 0 Å². The van der Waals surface area contributed by atoms with Crippen LogP contribution in [-0.2, 0) is 4.79 Å². The van der Waals surface area contributed by atoms with Crippen molar-refractivity contribution in [3.63, 3.8) is 0 Å². The van der Waals surface area contributed by atoms with Crippen LogP contribution in [0.3, 0.4) is 0 Å². The van der Waals surface area contributed by atoms with Crippen molar-refractivity contribution in [2.24, 2.45) is 5.92 Å². The van der Waals surface area contributed by atoms with E-state index in [-0.39, 0.29) is 11.8 Å². The number of hydrogen-bond acceptors (Lipinski definition) is 2. The van der Waals surface area contributed by atoms with Crippen LogP contribution in [0.2, 0.25) is 0 Å². The van der Waals surface area contributed by atoms with Gasteiger partial charge < -0.3 is 5.32 Å². The Labute approximate surface area is 84.2 Å². The fourth-order valence-corrected chi connectivity index (χ4v) is 1.54. The summed E-state index contributed by atoms with van der Waals surface area (Å²) in [4.78, 5) is 11.5. The number of nitrogens with zero attached hydrogens (tertiary/aromatic N) is 1. The van der Waals surface area contributed by atoms with Crippen LogP contribution in [0.25, 0.3) is 0 Å². The second-order valence-corrected chi connectivity index (χ2v) is 4.06. The first-order chi connectivity index (χ1) is 6.27. The highest BCUT2D eigenvalue weighted by atomic mass is 79.9. The van der Waals surface area contributed by atoms with Crippen LogP contribution in [0.1, 0.15) is 19.3 Å². The van der Waals surface area contributed by atoms with E-state index in [0.717, 1.165) is 17.3 Å². The average molecular weight is 244 g/mol. The van der Waals surface area contributed by atoms with E-state index in [1.54, 1.807) is 6.20 Å². The first kappa shape index (κ1) is 8.74. The topological polar surface area (TPSA) is 57.8 Å². The lowest BCUT2D eigenvalue weighted by Gasteiger charge is -2.23. The Bertz CT molecular complexity index is 319. The van der Waals surface area contributed by atoms with Crippen LogP contribution >= 0.6 is 15.9 Å². The van der Waals surface area contributed by atoms with E-state index >= 15 is 0 Å². The molecule has 0 unspecified atom stereocenters. The summed E-state index contributed by atoms with van der Waals surface area (Å²) >= 11 is 3.28. The highest BCUT2D eigenvalue weighted by Crippen LogP contribution is 2.28. The molecule has 2 rings (SSSR count). The third-order valence-electron chi connectivity index (χ3n) is 2.32. The minimum absolute atomic E-state index is 0.0937. The number of amides is 1. The van der Waals surface area contributed by atoms with Crippen LogP contribution in [0.4, 0.5) is 5.82 Å². The summed E-state index contributed by atoms with van der Waals surface area (Å²) in [5, 5.41) is 9.29. The van der Waals surface area contributed by atoms with Crippen LogP contribution in [0.15, 0.2) is 10.7 Å². The molecule has 4 nitrogen and oxygen atoms in total. The average Bonchev–Trinajstić information content (AvgIpc) is 2.32. The third kappa shape index (κ3) is 1.75. The summed E-state index contributed by atoms with van der Waals surface area (Å²) in [6, 6.07) is 0. The molecule has 1 aromatic heterocycles. The van der Waals surface area contributed by atoms with E-state index in [2.05, 4.69) is 31.4 Å². The van der Waals surface area contributed by atoms with Gasteiger partial charge in [0, 0.05) is 5.92 Å². The predicted molar refractivity (Wildman–Crippen MR) is 52.3 cm³/mol.